The number of methoxy groups -OCH3 is 1. The summed E-state index contributed by atoms with van der Waals surface area (Å²) in [5.41, 5.74) is 2.80. The summed E-state index contributed by atoms with van der Waals surface area (Å²) in [4.78, 5) is 11.7. The molecule has 106 valence electrons. The second-order valence-corrected chi connectivity index (χ2v) is 3.72. The van der Waals surface area contributed by atoms with Crippen LogP contribution >= 0.6 is 0 Å². The zero-order chi connectivity index (χ0) is 14.5. The van der Waals surface area contributed by atoms with Crippen molar-refractivity contribution in [2.75, 3.05) is 17.9 Å². The molecule has 1 aromatic heterocycles. The van der Waals surface area contributed by atoms with Gasteiger partial charge in [-0.1, -0.05) is 6.07 Å². The average molecular weight is 282 g/mol. The first-order chi connectivity index (χ1) is 9.62. The van der Waals surface area contributed by atoms with E-state index >= 15 is 0 Å². The van der Waals surface area contributed by atoms with E-state index in [0.29, 0.717) is 5.56 Å². The zero-order valence-corrected chi connectivity index (χ0v) is 10.5. The largest absolute Gasteiger partial charge is 0.467 e. The first-order valence-electron chi connectivity index (χ1n) is 5.57. The van der Waals surface area contributed by atoms with Crippen LogP contribution in [0, 0.1) is 11.6 Å². The van der Waals surface area contributed by atoms with Crippen LogP contribution in [0.5, 0.6) is 6.01 Å². The summed E-state index contributed by atoms with van der Waals surface area (Å²) < 4.78 is 30.7. The molecular formula is C11H12F2N6O. The Morgan fingerprint density at radius 1 is 1.15 bits per heavy atom. The van der Waals surface area contributed by atoms with Gasteiger partial charge in [0.1, 0.15) is 0 Å². The number of ether oxygens (including phenoxy) is 1. The Hall–Kier alpha value is -2.55. The fraction of sp³-hybridized carbons (Fsp3) is 0.182. The number of rotatable bonds is 5. The molecule has 0 unspecified atom stereocenters. The molecule has 0 aliphatic heterocycles. The monoisotopic (exact) mass is 282 g/mol. The van der Waals surface area contributed by atoms with Gasteiger partial charge in [-0.05, 0) is 17.7 Å². The van der Waals surface area contributed by atoms with E-state index in [-0.39, 0.29) is 24.5 Å². The maximum absolute atomic E-state index is 13.1. The molecule has 0 saturated carbocycles. The van der Waals surface area contributed by atoms with Crippen molar-refractivity contribution in [1.82, 2.24) is 15.0 Å². The Morgan fingerprint density at radius 2 is 1.90 bits per heavy atom. The number of anilines is 2. The van der Waals surface area contributed by atoms with Crippen LogP contribution in [0.15, 0.2) is 18.2 Å². The maximum atomic E-state index is 13.1. The highest BCUT2D eigenvalue weighted by atomic mass is 19.2. The van der Waals surface area contributed by atoms with Crippen LogP contribution in [0.2, 0.25) is 0 Å². The lowest BCUT2D eigenvalue weighted by Crippen LogP contribution is -2.14. The van der Waals surface area contributed by atoms with Crippen LogP contribution in [0.4, 0.5) is 20.7 Å². The van der Waals surface area contributed by atoms with Gasteiger partial charge in [0.05, 0.1) is 7.11 Å². The molecule has 2 rings (SSSR count). The third kappa shape index (κ3) is 3.26. The number of nitrogens with two attached hydrogens (primary N) is 1. The molecule has 0 fully saturated rings. The number of hydrogen-bond acceptors (Lipinski definition) is 7. The quantitative estimate of drug-likeness (QED) is 0.557. The third-order valence-electron chi connectivity index (χ3n) is 2.36. The predicted octanol–water partition coefficient (Wildman–Crippen LogP) is 1.06. The van der Waals surface area contributed by atoms with Gasteiger partial charge in [0.2, 0.25) is 11.9 Å². The van der Waals surface area contributed by atoms with Gasteiger partial charge in [0.15, 0.2) is 11.6 Å². The van der Waals surface area contributed by atoms with Crippen LogP contribution < -0.4 is 21.3 Å². The maximum Gasteiger partial charge on any atom is 0.322 e. The molecule has 1 aromatic carbocycles. The summed E-state index contributed by atoms with van der Waals surface area (Å²) in [6.45, 7) is 0.203. The van der Waals surface area contributed by atoms with Crippen LogP contribution in [0.25, 0.3) is 0 Å². The van der Waals surface area contributed by atoms with Gasteiger partial charge < -0.3 is 10.1 Å². The van der Waals surface area contributed by atoms with Crippen molar-refractivity contribution in [3.8, 4) is 6.01 Å². The molecule has 0 saturated heterocycles. The number of nitrogens with one attached hydrogen (secondary N) is 2. The van der Waals surface area contributed by atoms with E-state index in [1.54, 1.807) is 0 Å². The number of nitrogen functional groups attached to an aromatic ring is 1. The molecule has 0 aliphatic carbocycles. The Labute approximate surface area is 113 Å². The van der Waals surface area contributed by atoms with E-state index in [1.807, 2.05) is 0 Å². The summed E-state index contributed by atoms with van der Waals surface area (Å²) in [7, 11) is 1.40. The molecule has 9 heteroatoms. The number of hydrogen-bond donors (Lipinski definition) is 3. The van der Waals surface area contributed by atoms with Gasteiger partial charge in [-0.15, -0.1) is 0 Å². The second-order valence-electron chi connectivity index (χ2n) is 3.72. The summed E-state index contributed by atoms with van der Waals surface area (Å²) in [5, 5.41) is 2.83. The minimum atomic E-state index is -0.915. The first kappa shape index (κ1) is 13.9. The Balaban J connectivity index is 2.11. The SMILES string of the molecule is COc1nc(NN)nc(NCc2ccc(F)c(F)c2)n1. The second kappa shape index (κ2) is 6.06. The minimum Gasteiger partial charge on any atom is -0.467 e. The van der Waals surface area contributed by atoms with Crippen molar-refractivity contribution in [2.45, 2.75) is 6.54 Å². The van der Waals surface area contributed by atoms with E-state index < -0.39 is 11.6 Å². The topological polar surface area (TPSA) is 98.0 Å². The number of benzene rings is 1. The van der Waals surface area contributed by atoms with Crippen LogP contribution in [0.1, 0.15) is 5.56 Å². The molecular weight excluding hydrogens is 270 g/mol. The Kier molecular flexibility index (Phi) is 4.20. The lowest BCUT2D eigenvalue weighted by Gasteiger charge is -2.08. The highest BCUT2D eigenvalue weighted by molar-refractivity contribution is 5.35. The lowest BCUT2D eigenvalue weighted by molar-refractivity contribution is 0.379. The van der Waals surface area contributed by atoms with Crippen LogP contribution in [0.3, 0.4) is 0 Å². The van der Waals surface area contributed by atoms with Gasteiger partial charge in [-0.2, -0.15) is 15.0 Å². The molecule has 0 bridgehead atoms. The summed E-state index contributed by atoms with van der Waals surface area (Å²) in [6.07, 6.45) is 0. The molecule has 4 N–H and O–H groups in total. The third-order valence-corrected chi connectivity index (χ3v) is 2.36. The summed E-state index contributed by atoms with van der Waals surface area (Å²) in [5.74, 6) is 3.70. The fourth-order valence-electron chi connectivity index (χ4n) is 1.42. The van der Waals surface area contributed by atoms with E-state index in [4.69, 9.17) is 10.6 Å². The van der Waals surface area contributed by atoms with Crippen LogP contribution in [-0.2, 0) is 6.54 Å². The Bertz CT molecular complexity index is 587. The Morgan fingerprint density at radius 3 is 2.55 bits per heavy atom. The molecule has 20 heavy (non-hydrogen) atoms. The van der Waals surface area contributed by atoms with Gasteiger partial charge >= 0.3 is 6.01 Å². The minimum absolute atomic E-state index is 0.0701. The average Bonchev–Trinajstić information content (AvgIpc) is 2.48. The van der Waals surface area contributed by atoms with E-state index in [0.717, 1.165) is 12.1 Å². The number of hydrazine groups is 1. The van der Waals surface area contributed by atoms with Crippen molar-refractivity contribution in [3.05, 3.63) is 35.4 Å². The molecule has 0 radical (unpaired) electrons. The van der Waals surface area contributed by atoms with E-state index in [2.05, 4.69) is 25.7 Å². The summed E-state index contributed by atoms with van der Waals surface area (Å²) >= 11 is 0. The molecule has 7 nitrogen and oxygen atoms in total. The van der Waals surface area contributed by atoms with Crippen molar-refractivity contribution < 1.29 is 13.5 Å². The number of nitrogens with zero attached hydrogens (tertiary/aromatic N) is 3. The highest BCUT2D eigenvalue weighted by Gasteiger charge is 2.07. The van der Waals surface area contributed by atoms with Crippen LogP contribution in [-0.4, -0.2) is 22.1 Å². The molecule has 1 heterocycles. The van der Waals surface area contributed by atoms with Gasteiger partial charge in [-0.25, -0.2) is 14.6 Å². The highest BCUT2D eigenvalue weighted by Crippen LogP contribution is 2.13. The molecule has 0 spiro atoms. The van der Waals surface area contributed by atoms with Crippen molar-refractivity contribution in [2.24, 2.45) is 5.84 Å². The smallest absolute Gasteiger partial charge is 0.322 e. The zero-order valence-electron chi connectivity index (χ0n) is 10.5. The van der Waals surface area contributed by atoms with Crippen molar-refractivity contribution in [1.29, 1.82) is 0 Å². The van der Waals surface area contributed by atoms with Gasteiger partial charge in [0, 0.05) is 6.54 Å². The molecule has 0 atom stereocenters. The predicted molar refractivity (Wildman–Crippen MR) is 67.9 cm³/mol. The first-order valence-corrected chi connectivity index (χ1v) is 5.57. The molecule has 0 aliphatic rings. The molecule has 0 amide bonds. The fourth-order valence-corrected chi connectivity index (χ4v) is 1.42. The summed E-state index contributed by atoms with van der Waals surface area (Å²) in [6, 6.07) is 3.66. The van der Waals surface area contributed by atoms with Gasteiger partial charge in [0.25, 0.3) is 0 Å². The van der Waals surface area contributed by atoms with E-state index in [1.165, 1.54) is 13.2 Å². The van der Waals surface area contributed by atoms with Gasteiger partial charge in [-0.3, -0.25) is 5.43 Å². The standard InChI is InChI=1S/C11H12F2N6O/c1-20-11-17-9(16-10(18-11)19-14)15-5-6-2-3-7(12)8(13)4-6/h2-4H,5,14H2,1H3,(H2,15,16,17,18,19). The normalized spacial score (nSPS) is 10.2. The number of aromatic nitrogens is 3. The lowest BCUT2D eigenvalue weighted by atomic mass is 10.2. The van der Waals surface area contributed by atoms with E-state index in [9.17, 15) is 8.78 Å². The number of halogens is 2. The van der Waals surface area contributed by atoms with Crippen molar-refractivity contribution in [3.63, 3.8) is 0 Å². The van der Waals surface area contributed by atoms with Crippen molar-refractivity contribution >= 4 is 11.9 Å². The molecule has 2 aromatic rings.